The molecule has 2 fully saturated rings. The number of nitrogens with two attached hydrogens (primary N) is 1. The minimum Gasteiger partial charge on any atom is -0.338 e. The summed E-state index contributed by atoms with van der Waals surface area (Å²) in [5.41, 5.74) is 6.98. The summed E-state index contributed by atoms with van der Waals surface area (Å²) >= 11 is 12.0. The van der Waals surface area contributed by atoms with Crippen molar-refractivity contribution in [1.82, 2.24) is 4.90 Å². The molecular formula is C17H22Cl2N2O. The summed E-state index contributed by atoms with van der Waals surface area (Å²) < 4.78 is 0. The summed E-state index contributed by atoms with van der Waals surface area (Å²) in [6, 6.07) is 5.88. The fourth-order valence-electron chi connectivity index (χ4n) is 3.56. The lowest BCUT2D eigenvalue weighted by molar-refractivity contribution is -0.136. The summed E-state index contributed by atoms with van der Waals surface area (Å²) in [7, 11) is 0. The van der Waals surface area contributed by atoms with Gasteiger partial charge in [-0.05, 0) is 48.8 Å². The van der Waals surface area contributed by atoms with E-state index in [0.717, 1.165) is 31.4 Å². The van der Waals surface area contributed by atoms with Gasteiger partial charge >= 0.3 is 0 Å². The van der Waals surface area contributed by atoms with Gasteiger partial charge in [-0.1, -0.05) is 36.2 Å². The first-order chi connectivity index (χ1) is 10.5. The molecule has 0 bridgehead atoms. The predicted octanol–water partition coefficient (Wildman–Crippen LogP) is 3.68. The van der Waals surface area contributed by atoms with Crippen molar-refractivity contribution in [2.75, 3.05) is 13.1 Å². The second-order valence-electron chi connectivity index (χ2n) is 6.67. The van der Waals surface area contributed by atoms with Gasteiger partial charge in [0, 0.05) is 25.0 Å². The van der Waals surface area contributed by atoms with Crippen molar-refractivity contribution >= 4 is 29.1 Å². The molecule has 0 radical (unpaired) electrons. The Kier molecular flexibility index (Phi) is 4.67. The first-order valence-corrected chi connectivity index (χ1v) is 8.72. The Balaban J connectivity index is 1.68. The van der Waals surface area contributed by atoms with E-state index in [9.17, 15) is 4.79 Å². The van der Waals surface area contributed by atoms with Gasteiger partial charge in [-0.2, -0.15) is 0 Å². The molecule has 3 nitrogen and oxygen atoms in total. The first-order valence-electron chi connectivity index (χ1n) is 7.96. The molecule has 22 heavy (non-hydrogen) atoms. The number of piperidine rings is 1. The van der Waals surface area contributed by atoms with Crippen molar-refractivity contribution in [2.45, 2.75) is 38.1 Å². The monoisotopic (exact) mass is 340 g/mol. The van der Waals surface area contributed by atoms with Gasteiger partial charge in [0.05, 0.1) is 10.0 Å². The molecule has 5 heteroatoms. The van der Waals surface area contributed by atoms with Crippen molar-refractivity contribution in [1.29, 1.82) is 0 Å². The molecule has 1 saturated heterocycles. The summed E-state index contributed by atoms with van der Waals surface area (Å²) in [5, 5.41) is 1.12. The lowest BCUT2D eigenvalue weighted by Gasteiger charge is -2.38. The Bertz CT molecular complexity index is 578. The van der Waals surface area contributed by atoms with Crippen molar-refractivity contribution in [3.63, 3.8) is 0 Å². The maximum absolute atomic E-state index is 12.8. The number of benzene rings is 1. The molecule has 1 aromatic carbocycles. The molecule has 1 aliphatic heterocycles. The Morgan fingerprint density at radius 3 is 2.77 bits per heavy atom. The molecule has 1 heterocycles. The number of rotatable bonds is 3. The number of hydrogen-bond acceptors (Lipinski definition) is 2. The molecule has 1 aliphatic carbocycles. The summed E-state index contributed by atoms with van der Waals surface area (Å²) in [6.07, 6.45) is 3.00. The van der Waals surface area contributed by atoms with E-state index in [-0.39, 0.29) is 23.8 Å². The second kappa shape index (κ2) is 6.38. The van der Waals surface area contributed by atoms with E-state index in [1.165, 1.54) is 0 Å². The fourth-order valence-corrected chi connectivity index (χ4v) is 3.86. The standard InChI is InChI=1S/C17H22Cl2N2O/c1-10-4-5-21(12(6-10)9-20)17(22)14-8-13(14)11-2-3-15(18)16(19)7-11/h2-3,7,10,12-14H,4-6,8-9,20H2,1H3. The number of carbonyl (C=O) groups excluding carboxylic acids is 1. The van der Waals surface area contributed by atoms with Gasteiger partial charge in [0.2, 0.25) is 5.91 Å². The number of halogens is 2. The molecular weight excluding hydrogens is 319 g/mol. The first kappa shape index (κ1) is 16.1. The van der Waals surface area contributed by atoms with Crippen LogP contribution in [-0.2, 0) is 4.79 Å². The highest BCUT2D eigenvalue weighted by Gasteiger charge is 2.47. The predicted molar refractivity (Wildman–Crippen MR) is 90.3 cm³/mol. The molecule has 1 aromatic rings. The number of hydrogen-bond donors (Lipinski definition) is 1. The highest BCUT2D eigenvalue weighted by atomic mass is 35.5. The topological polar surface area (TPSA) is 46.3 Å². The maximum Gasteiger partial charge on any atom is 0.226 e. The van der Waals surface area contributed by atoms with Crippen LogP contribution in [0.1, 0.15) is 37.7 Å². The van der Waals surface area contributed by atoms with Gasteiger partial charge in [-0.15, -0.1) is 0 Å². The minimum atomic E-state index is 0.0831. The van der Waals surface area contributed by atoms with Gasteiger partial charge in [0.15, 0.2) is 0 Å². The van der Waals surface area contributed by atoms with Gasteiger partial charge in [0.25, 0.3) is 0 Å². The van der Waals surface area contributed by atoms with Crippen molar-refractivity contribution < 1.29 is 4.79 Å². The normalized spacial score (nSPS) is 31.2. The molecule has 2 N–H and O–H groups in total. The summed E-state index contributed by atoms with van der Waals surface area (Å²) in [5.74, 6) is 1.28. The Hall–Kier alpha value is -0.770. The Labute approximate surface area is 141 Å². The van der Waals surface area contributed by atoms with E-state index in [1.807, 2.05) is 23.1 Å². The Morgan fingerprint density at radius 1 is 1.32 bits per heavy atom. The molecule has 120 valence electrons. The molecule has 0 spiro atoms. The van der Waals surface area contributed by atoms with Crippen molar-refractivity contribution in [3.8, 4) is 0 Å². The third-order valence-corrected chi connectivity index (χ3v) is 5.75. The third-order valence-electron chi connectivity index (χ3n) is 5.01. The van der Waals surface area contributed by atoms with Crippen LogP contribution in [-0.4, -0.2) is 29.9 Å². The Morgan fingerprint density at radius 2 is 2.09 bits per heavy atom. The molecule has 1 amide bonds. The van der Waals surface area contributed by atoms with Crippen LogP contribution in [0.5, 0.6) is 0 Å². The van der Waals surface area contributed by atoms with Crippen LogP contribution in [0.15, 0.2) is 18.2 Å². The lowest BCUT2D eigenvalue weighted by Crippen LogP contribution is -2.49. The van der Waals surface area contributed by atoms with Crippen LogP contribution >= 0.6 is 23.2 Å². The van der Waals surface area contributed by atoms with Crippen molar-refractivity contribution in [3.05, 3.63) is 33.8 Å². The number of likely N-dealkylation sites (tertiary alicyclic amines) is 1. The largest absolute Gasteiger partial charge is 0.338 e. The zero-order valence-electron chi connectivity index (χ0n) is 12.8. The highest BCUT2D eigenvalue weighted by molar-refractivity contribution is 6.42. The molecule has 4 unspecified atom stereocenters. The molecule has 2 aliphatic rings. The number of carbonyl (C=O) groups is 1. The van der Waals surface area contributed by atoms with Gasteiger partial charge < -0.3 is 10.6 Å². The number of amides is 1. The van der Waals surface area contributed by atoms with Crippen LogP contribution in [0.4, 0.5) is 0 Å². The molecule has 0 aromatic heterocycles. The van der Waals surface area contributed by atoms with E-state index in [4.69, 9.17) is 28.9 Å². The van der Waals surface area contributed by atoms with Gasteiger partial charge in [-0.25, -0.2) is 0 Å². The fraction of sp³-hybridized carbons (Fsp3) is 0.588. The minimum absolute atomic E-state index is 0.0831. The van der Waals surface area contributed by atoms with Crippen LogP contribution in [0.25, 0.3) is 0 Å². The van der Waals surface area contributed by atoms with Gasteiger partial charge in [0.1, 0.15) is 0 Å². The van der Waals surface area contributed by atoms with Crippen molar-refractivity contribution in [2.24, 2.45) is 17.6 Å². The van der Waals surface area contributed by atoms with E-state index in [1.54, 1.807) is 0 Å². The van der Waals surface area contributed by atoms with E-state index in [2.05, 4.69) is 6.92 Å². The molecule has 4 atom stereocenters. The van der Waals surface area contributed by atoms with E-state index < -0.39 is 0 Å². The van der Waals surface area contributed by atoms with Crippen LogP contribution in [0, 0.1) is 11.8 Å². The lowest BCUT2D eigenvalue weighted by atomic mass is 9.92. The van der Waals surface area contributed by atoms with Crippen LogP contribution in [0.3, 0.4) is 0 Å². The molecule has 1 saturated carbocycles. The summed E-state index contributed by atoms with van der Waals surface area (Å²) in [4.78, 5) is 14.8. The third kappa shape index (κ3) is 3.12. The second-order valence-corrected chi connectivity index (χ2v) is 7.49. The van der Waals surface area contributed by atoms with Crippen LogP contribution in [0.2, 0.25) is 10.0 Å². The van der Waals surface area contributed by atoms with E-state index >= 15 is 0 Å². The zero-order valence-corrected chi connectivity index (χ0v) is 14.3. The SMILES string of the molecule is CC1CCN(C(=O)C2CC2c2ccc(Cl)c(Cl)c2)C(CN)C1. The van der Waals surface area contributed by atoms with E-state index in [0.29, 0.717) is 22.5 Å². The molecule has 3 rings (SSSR count). The zero-order chi connectivity index (χ0) is 15.9. The van der Waals surface area contributed by atoms with Gasteiger partial charge in [-0.3, -0.25) is 4.79 Å². The number of nitrogens with zero attached hydrogens (tertiary/aromatic N) is 1. The average Bonchev–Trinajstić information content (AvgIpc) is 3.29. The summed E-state index contributed by atoms with van der Waals surface area (Å²) in [6.45, 7) is 3.63. The smallest absolute Gasteiger partial charge is 0.226 e. The van der Waals surface area contributed by atoms with Crippen LogP contribution < -0.4 is 5.73 Å². The average molecular weight is 341 g/mol. The quantitative estimate of drug-likeness (QED) is 0.912. The highest BCUT2D eigenvalue weighted by Crippen LogP contribution is 2.50. The maximum atomic E-state index is 12.8.